The van der Waals surface area contributed by atoms with Gasteiger partial charge in [0.1, 0.15) is 0 Å². The number of hydrogen-bond acceptors (Lipinski definition) is 5. The summed E-state index contributed by atoms with van der Waals surface area (Å²) in [5.74, 6) is -1.15. The SMILES string of the molecule is CS(=O)(=O)c1ccc(-c2ccc(C=Cc3[nH]nnc3C(=O)O)cc2)cc1. The van der Waals surface area contributed by atoms with Crippen molar-refractivity contribution in [2.45, 2.75) is 4.90 Å². The van der Waals surface area contributed by atoms with Gasteiger partial charge in [0.15, 0.2) is 15.5 Å². The van der Waals surface area contributed by atoms with Crippen LogP contribution < -0.4 is 0 Å². The molecule has 0 atom stereocenters. The van der Waals surface area contributed by atoms with Crippen LogP contribution >= 0.6 is 0 Å². The standard InChI is InChI=1S/C18H15N3O4S/c1-26(24,25)15-9-7-14(8-10-15)13-5-2-12(3-6-13)4-11-16-17(18(22)23)20-21-19-16/h2-11H,1H3,(H,22,23)(H,19,20,21). The fourth-order valence-corrected chi connectivity index (χ4v) is 3.00. The Labute approximate surface area is 149 Å². The van der Waals surface area contributed by atoms with Crippen LogP contribution in [-0.2, 0) is 9.84 Å². The van der Waals surface area contributed by atoms with Gasteiger partial charge in [-0.3, -0.25) is 5.10 Å². The normalized spacial score (nSPS) is 11.7. The Balaban J connectivity index is 1.79. The van der Waals surface area contributed by atoms with Crippen LogP contribution in [0.4, 0.5) is 0 Å². The number of hydrogen-bond donors (Lipinski definition) is 2. The molecular formula is C18H15N3O4S. The third-order valence-electron chi connectivity index (χ3n) is 3.75. The van der Waals surface area contributed by atoms with Gasteiger partial charge in [-0.1, -0.05) is 47.7 Å². The highest BCUT2D eigenvalue weighted by atomic mass is 32.2. The monoisotopic (exact) mass is 369 g/mol. The van der Waals surface area contributed by atoms with E-state index in [1.807, 2.05) is 24.3 Å². The second kappa shape index (κ2) is 6.93. The molecule has 3 rings (SSSR count). The van der Waals surface area contributed by atoms with Gasteiger partial charge < -0.3 is 5.11 Å². The highest BCUT2D eigenvalue weighted by Gasteiger charge is 2.11. The number of sulfone groups is 1. The number of aromatic nitrogens is 3. The van der Waals surface area contributed by atoms with Crippen LogP contribution in [0.5, 0.6) is 0 Å². The Morgan fingerprint density at radius 1 is 1.00 bits per heavy atom. The van der Waals surface area contributed by atoms with E-state index in [0.29, 0.717) is 5.69 Å². The predicted molar refractivity (Wildman–Crippen MR) is 97.3 cm³/mol. The van der Waals surface area contributed by atoms with Crippen LogP contribution in [-0.4, -0.2) is 41.2 Å². The second-order valence-corrected chi connectivity index (χ2v) is 7.65. The number of nitrogens with one attached hydrogen (secondary N) is 1. The molecule has 0 unspecified atom stereocenters. The quantitative estimate of drug-likeness (QED) is 0.715. The minimum absolute atomic E-state index is 0.135. The van der Waals surface area contributed by atoms with Crippen molar-refractivity contribution in [2.75, 3.05) is 6.26 Å². The number of aromatic carboxylic acids is 1. The zero-order valence-electron chi connectivity index (χ0n) is 13.7. The van der Waals surface area contributed by atoms with Crippen molar-refractivity contribution in [3.8, 4) is 11.1 Å². The molecule has 26 heavy (non-hydrogen) atoms. The largest absolute Gasteiger partial charge is 0.476 e. The van der Waals surface area contributed by atoms with Gasteiger partial charge in [0.2, 0.25) is 0 Å². The number of carboxylic acid groups (broad SMARTS) is 1. The Kier molecular flexibility index (Phi) is 4.68. The molecule has 0 saturated heterocycles. The summed E-state index contributed by atoms with van der Waals surface area (Å²) in [6.07, 6.45) is 4.52. The van der Waals surface area contributed by atoms with E-state index in [-0.39, 0.29) is 10.6 Å². The summed E-state index contributed by atoms with van der Waals surface area (Å²) in [5, 5.41) is 18.5. The van der Waals surface area contributed by atoms with Crippen LogP contribution in [0.15, 0.2) is 53.4 Å². The van der Waals surface area contributed by atoms with E-state index in [9.17, 15) is 13.2 Å². The summed E-state index contributed by atoms with van der Waals surface area (Å²) in [7, 11) is -3.21. The smallest absolute Gasteiger partial charge is 0.358 e. The van der Waals surface area contributed by atoms with Gasteiger partial charge >= 0.3 is 5.97 Å². The lowest BCUT2D eigenvalue weighted by Crippen LogP contribution is -1.98. The zero-order chi connectivity index (χ0) is 18.7. The van der Waals surface area contributed by atoms with Gasteiger partial charge in [0.25, 0.3) is 0 Å². The number of H-pyrrole nitrogens is 1. The molecule has 0 amide bonds. The Hall–Kier alpha value is -3.26. The van der Waals surface area contributed by atoms with Crippen molar-refractivity contribution in [2.24, 2.45) is 0 Å². The lowest BCUT2D eigenvalue weighted by atomic mass is 10.0. The number of carboxylic acids is 1. The van der Waals surface area contributed by atoms with Gasteiger partial charge in [-0.25, -0.2) is 13.2 Å². The van der Waals surface area contributed by atoms with Crippen LogP contribution in [0.25, 0.3) is 23.3 Å². The number of benzene rings is 2. The number of aromatic amines is 1. The van der Waals surface area contributed by atoms with Gasteiger partial charge in [-0.15, -0.1) is 5.10 Å². The maximum Gasteiger partial charge on any atom is 0.358 e. The van der Waals surface area contributed by atoms with Crippen LogP contribution in [0, 0.1) is 0 Å². The average Bonchev–Trinajstić information content (AvgIpc) is 3.09. The molecule has 1 aromatic heterocycles. The van der Waals surface area contributed by atoms with E-state index in [4.69, 9.17) is 5.11 Å². The average molecular weight is 369 g/mol. The molecular weight excluding hydrogens is 354 g/mol. The van der Waals surface area contributed by atoms with Crippen molar-refractivity contribution in [3.05, 3.63) is 65.5 Å². The van der Waals surface area contributed by atoms with Gasteiger partial charge in [0.05, 0.1) is 10.6 Å². The zero-order valence-corrected chi connectivity index (χ0v) is 14.6. The summed E-state index contributed by atoms with van der Waals surface area (Å²) < 4.78 is 23.0. The van der Waals surface area contributed by atoms with Crippen LogP contribution in [0.1, 0.15) is 21.7 Å². The minimum Gasteiger partial charge on any atom is -0.476 e. The molecule has 0 aliphatic heterocycles. The molecule has 2 N–H and O–H groups in total. The number of carbonyl (C=O) groups is 1. The van der Waals surface area contributed by atoms with Crippen LogP contribution in [0.2, 0.25) is 0 Å². The number of rotatable bonds is 5. The summed E-state index contributed by atoms with van der Waals surface area (Å²) >= 11 is 0. The second-order valence-electron chi connectivity index (χ2n) is 5.63. The fraction of sp³-hybridized carbons (Fsp3) is 0.0556. The molecule has 3 aromatic rings. The van der Waals surface area contributed by atoms with E-state index < -0.39 is 15.8 Å². The van der Waals surface area contributed by atoms with Crippen molar-refractivity contribution in [1.82, 2.24) is 15.4 Å². The highest BCUT2D eigenvalue weighted by Crippen LogP contribution is 2.22. The van der Waals surface area contributed by atoms with E-state index in [2.05, 4.69) is 15.4 Å². The minimum atomic E-state index is -3.21. The predicted octanol–water partition coefficient (Wildman–Crippen LogP) is 2.74. The molecule has 2 aromatic carbocycles. The summed E-state index contributed by atoms with van der Waals surface area (Å²) in [6, 6.07) is 14.2. The molecule has 1 heterocycles. The molecule has 0 spiro atoms. The van der Waals surface area contributed by atoms with Gasteiger partial charge in [-0.2, -0.15) is 0 Å². The molecule has 132 valence electrons. The number of nitrogens with zero attached hydrogens (tertiary/aromatic N) is 2. The topological polar surface area (TPSA) is 113 Å². The van der Waals surface area contributed by atoms with Crippen molar-refractivity contribution >= 4 is 28.0 Å². The summed E-state index contributed by atoms with van der Waals surface area (Å²) in [6.45, 7) is 0. The van der Waals surface area contributed by atoms with Crippen molar-refractivity contribution < 1.29 is 18.3 Å². The first-order chi connectivity index (χ1) is 12.3. The first-order valence-electron chi connectivity index (χ1n) is 7.57. The highest BCUT2D eigenvalue weighted by molar-refractivity contribution is 7.90. The fourth-order valence-electron chi connectivity index (χ4n) is 2.37. The molecule has 7 nitrogen and oxygen atoms in total. The van der Waals surface area contributed by atoms with Crippen LogP contribution in [0.3, 0.4) is 0 Å². The van der Waals surface area contributed by atoms with Crippen molar-refractivity contribution in [3.63, 3.8) is 0 Å². The first kappa shape index (κ1) is 17.6. The molecule has 0 radical (unpaired) electrons. The lowest BCUT2D eigenvalue weighted by Gasteiger charge is -2.04. The molecule has 0 saturated carbocycles. The molecule has 0 bridgehead atoms. The first-order valence-corrected chi connectivity index (χ1v) is 9.47. The van der Waals surface area contributed by atoms with Gasteiger partial charge in [0, 0.05) is 6.26 Å². The van der Waals surface area contributed by atoms with E-state index in [1.165, 1.54) is 6.26 Å². The Morgan fingerprint density at radius 3 is 2.12 bits per heavy atom. The Bertz CT molecular complexity index is 1070. The van der Waals surface area contributed by atoms with E-state index >= 15 is 0 Å². The molecule has 8 heteroatoms. The maximum atomic E-state index is 11.5. The maximum absolute atomic E-state index is 11.5. The third-order valence-corrected chi connectivity index (χ3v) is 4.88. The van der Waals surface area contributed by atoms with E-state index in [0.717, 1.165) is 16.7 Å². The Morgan fingerprint density at radius 2 is 1.58 bits per heavy atom. The summed E-state index contributed by atoms with van der Waals surface area (Å²) in [5.41, 5.74) is 2.89. The van der Waals surface area contributed by atoms with E-state index in [1.54, 1.807) is 36.4 Å². The lowest BCUT2D eigenvalue weighted by molar-refractivity contribution is 0.0690. The van der Waals surface area contributed by atoms with Gasteiger partial charge in [-0.05, 0) is 34.9 Å². The third kappa shape index (κ3) is 3.86. The molecule has 0 aliphatic carbocycles. The molecule has 0 fully saturated rings. The summed E-state index contributed by atoms with van der Waals surface area (Å²) in [4.78, 5) is 11.3. The molecule has 0 aliphatic rings. The van der Waals surface area contributed by atoms with Crippen molar-refractivity contribution in [1.29, 1.82) is 0 Å².